The van der Waals surface area contributed by atoms with Gasteiger partial charge in [-0.1, -0.05) is 39.5 Å². The first-order valence-corrected chi connectivity index (χ1v) is 10.2. The summed E-state index contributed by atoms with van der Waals surface area (Å²) in [4.78, 5) is 16.8. The van der Waals surface area contributed by atoms with Gasteiger partial charge in [-0.05, 0) is 13.0 Å². The van der Waals surface area contributed by atoms with Gasteiger partial charge in [0, 0.05) is 50.2 Å². The molecular weight excluding hydrogens is 342 g/mol. The molecule has 27 heavy (non-hydrogen) atoms. The van der Waals surface area contributed by atoms with Crippen molar-refractivity contribution in [2.75, 3.05) is 19.6 Å². The van der Waals surface area contributed by atoms with Crippen LogP contribution in [0.1, 0.15) is 63.5 Å². The number of likely N-dealkylation sites (N-methyl/N-ethyl adjacent to an activating group) is 1. The predicted molar refractivity (Wildman–Crippen MR) is 107 cm³/mol. The monoisotopic (exact) mass is 377 g/mol. The van der Waals surface area contributed by atoms with E-state index in [1.165, 1.54) is 19.3 Å². The highest BCUT2D eigenvalue weighted by Gasteiger charge is 2.25. The molecule has 2 heterocycles. The van der Waals surface area contributed by atoms with Crippen LogP contribution in [0.5, 0.6) is 0 Å². The zero-order valence-electron chi connectivity index (χ0n) is 16.6. The largest absolute Gasteiger partial charge is 0.391 e. The minimum absolute atomic E-state index is 0.00637. The quantitative estimate of drug-likeness (QED) is 0.379. The molecule has 0 aliphatic heterocycles. The van der Waals surface area contributed by atoms with E-state index in [1.54, 1.807) is 18.6 Å². The Labute approximate surface area is 162 Å². The highest BCUT2D eigenvalue weighted by atomic mass is 16.3. The van der Waals surface area contributed by atoms with E-state index in [1.807, 2.05) is 6.20 Å². The molecule has 0 aliphatic carbocycles. The van der Waals surface area contributed by atoms with Crippen LogP contribution in [0.15, 0.2) is 24.8 Å². The van der Waals surface area contributed by atoms with Gasteiger partial charge < -0.3 is 20.2 Å². The van der Waals surface area contributed by atoms with Gasteiger partial charge in [0.2, 0.25) is 0 Å². The summed E-state index contributed by atoms with van der Waals surface area (Å²) >= 11 is 0. The Kier molecular flexibility index (Phi) is 9.52. The first kappa shape index (κ1) is 21.6. The number of H-pyrrole nitrogens is 2. The maximum atomic E-state index is 10.9. The maximum Gasteiger partial charge on any atom is 0.111 e. The predicted octanol–water partition coefficient (Wildman–Crippen LogP) is 2.47. The molecular formula is C20H35N5O2. The highest BCUT2D eigenvalue weighted by molar-refractivity contribution is 5.01. The van der Waals surface area contributed by atoms with Crippen molar-refractivity contribution in [3.63, 3.8) is 0 Å². The summed E-state index contributed by atoms with van der Waals surface area (Å²) in [5.74, 6) is 1.63. The summed E-state index contributed by atoms with van der Waals surface area (Å²) in [7, 11) is 0. The van der Waals surface area contributed by atoms with Crippen LogP contribution in [0.2, 0.25) is 0 Å². The molecule has 0 aliphatic rings. The number of aliphatic hydroxyl groups excluding tert-OH is 2. The Bertz CT molecular complexity index is 588. The van der Waals surface area contributed by atoms with Crippen molar-refractivity contribution in [1.82, 2.24) is 24.8 Å². The Morgan fingerprint density at radius 2 is 1.78 bits per heavy atom. The van der Waals surface area contributed by atoms with Crippen LogP contribution in [-0.2, 0) is 6.42 Å². The summed E-state index contributed by atoms with van der Waals surface area (Å²) in [6.07, 6.45) is 12.1. The SMILES string of the molecule is CCCCCCC(c1ncc[nH]1)C(O)CN(CC)CC(O)Cc1ncc[nH]1. The van der Waals surface area contributed by atoms with Gasteiger partial charge in [0.1, 0.15) is 11.6 Å². The third kappa shape index (κ3) is 7.44. The van der Waals surface area contributed by atoms with E-state index < -0.39 is 12.2 Å². The molecule has 3 atom stereocenters. The molecule has 0 spiro atoms. The molecule has 0 bridgehead atoms. The molecule has 3 unspecified atom stereocenters. The summed E-state index contributed by atoms with van der Waals surface area (Å²) < 4.78 is 0. The topological polar surface area (TPSA) is 101 Å². The van der Waals surface area contributed by atoms with Gasteiger partial charge in [-0.25, -0.2) is 9.97 Å². The average Bonchev–Trinajstić information content (AvgIpc) is 3.35. The van der Waals surface area contributed by atoms with Crippen LogP contribution in [0.3, 0.4) is 0 Å². The zero-order chi connectivity index (χ0) is 19.5. The first-order chi connectivity index (χ1) is 13.1. The number of unbranched alkanes of at least 4 members (excludes halogenated alkanes) is 3. The van der Waals surface area contributed by atoms with Crippen LogP contribution in [0.25, 0.3) is 0 Å². The normalized spacial score (nSPS) is 15.1. The number of nitrogens with zero attached hydrogens (tertiary/aromatic N) is 3. The Balaban J connectivity index is 1.89. The number of hydrogen-bond donors (Lipinski definition) is 4. The van der Waals surface area contributed by atoms with Crippen LogP contribution in [0, 0.1) is 0 Å². The second kappa shape index (κ2) is 11.9. The second-order valence-corrected chi connectivity index (χ2v) is 7.24. The first-order valence-electron chi connectivity index (χ1n) is 10.2. The fourth-order valence-electron chi connectivity index (χ4n) is 3.50. The van der Waals surface area contributed by atoms with Crippen molar-refractivity contribution < 1.29 is 10.2 Å². The molecule has 0 fully saturated rings. The van der Waals surface area contributed by atoms with Crippen LogP contribution >= 0.6 is 0 Å². The fraction of sp³-hybridized carbons (Fsp3) is 0.700. The lowest BCUT2D eigenvalue weighted by atomic mass is 9.93. The lowest BCUT2D eigenvalue weighted by molar-refractivity contribution is 0.0560. The van der Waals surface area contributed by atoms with Gasteiger partial charge in [0.25, 0.3) is 0 Å². The van der Waals surface area contributed by atoms with E-state index in [0.717, 1.165) is 31.0 Å². The minimum atomic E-state index is -0.520. The van der Waals surface area contributed by atoms with Crippen molar-refractivity contribution in [3.8, 4) is 0 Å². The van der Waals surface area contributed by atoms with Crippen LogP contribution in [-0.4, -0.2) is 66.9 Å². The van der Waals surface area contributed by atoms with Crippen molar-refractivity contribution in [2.24, 2.45) is 0 Å². The van der Waals surface area contributed by atoms with Crippen molar-refractivity contribution in [1.29, 1.82) is 0 Å². The fourth-order valence-corrected chi connectivity index (χ4v) is 3.50. The molecule has 0 aromatic carbocycles. The third-order valence-electron chi connectivity index (χ3n) is 5.05. The summed E-state index contributed by atoms with van der Waals surface area (Å²) in [6, 6.07) is 0. The van der Waals surface area contributed by atoms with Crippen molar-refractivity contribution in [3.05, 3.63) is 36.4 Å². The summed E-state index contributed by atoms with van der Waals surface area (Å²) in [6.45, 7) is 6.05. The molecule has 152 valence electrons. The summed E-state index contributed by atoms with van der Waals surface area (Å²) in [5, 5.41) is 21.3. The number of aromatic amines is 2. The second-order valence-electron chi connectivity index (χ2n) is 7.24. The van der Waals surface area contributed by atoms with E-state index >= 15 is 0 Å². The van der Waals surface area contributed by atoms with Gasteiger partial charge in [0.15, 0.2) is 0 Å². The molecule has 7 heteroatoms. The van der Waals surface area contributed by atoms with Gasteiger partial charge >= 0.3 is 0 Å². The third-order valence-corrected chi connectivity index (χ3v) is 5.05. The van der Waals surface area contributed by atoms with E-state index in [9.17, 15) is 10.2 Å². The van der Waals surface area contributed by atoms with E-state index in [0.29, 0.717) is 19.5 Å². The molecule has 4 N–H and O–H groups in total. The summed E-state index contributed by atoms with van der Waals surface area (Å²) in [5.41, 5.74) is 0. The van der Waals surface area contributed by atoms with E-state index in [2.05, 4.69) is 38.7 Å². The zero-order valence-corrected chi connectivity index (χ0v) is 16.6. The molecule has 0 radical (unpaired) electrons. The molecule has 2 aromatic rings. The van der Waals surface area contributed by atoms with Gasteiger partial charge in [-0.15, -0.1) is 0 Å². The van der Waals surface area contributed by atoms with E-state index in [4.69, 9.17) is 0 Å². The minimum Gasteiger partial charge on any atom is -0.391 e. The Morgan fingerprint density at radius 3 is 2.41 bits per heavy atom. The van der Waals surface area contributed by atoms with Gasteiger partial charge in [-0.2, -0.15) is 0 Å². The molecule has 0 amide bonds. The lowest BCUT2D eigenvalue weighted by Gasteiger charge is -2.29. The standard InChI is InChI=1S/C20H35N5O2/c1-3-5-6-7-8-17(20-23-11-12-24-20)18(27)15-25(4-2)14-16(26)13-19-21-9-10-22-19/h9-12,16-18,26-27H,3-8,13-15H2,1-2H3,(H,21,22)(H,23,24). The van der Waals surface area contributed by atoms with Crippen molar-refractivity contribution >= 4 is 0 Å². The Hall–Kier alpha value is -1.70. The molecule has 2 rings (SSSR count). The number of aliphatic hydroxyl groups is 2. The number of aromatic nitrogens is 4. The molecule has 2 aromatic heterocycles. The number of rotatable bonds is 14. The smallest absolute Gasteiger partial charge is 0.111 e. The van der Waals surface area contributed by atoms with Gasteiger partial charge in [-0.3, -0.25) is 4.90 Å². The lowest BCUT2D eigenvalue weighted by Crippen LogP contribution is -2.40. The molecule has 0 saturated carbocycles. The average molecular weight is 378 g/mol. The molecule has 0 saturated heterocycles. The van der Waals surface area contributed by atoms with E-state index in [-0.39, 0.29) is 5.92 Å². The number of imidazole rings is 2. The van der Waals surface area contributed by atoms with Gasteiger partial charge in [0.05, 0.1) is 12.2 Å². The molecule has 7 nitrogen and oxygen atoms in total. The van der Waals surface area contributed by atoms with Crippen LogP contribution in [0.4, 0.5) is 0 Å². The number of hydrogen-bond acceptors (Lipinski definition) is 5. The van der Waals surface area contributed by atoms with Crippen molar-refractivity contribution in [2.45, 2.75) is 70.5 Å². The highest BCUT2D eigenvalue weighted by Crippen LogP contribution is 2.24. The Morgan fingerprint density at radius 1 is 1.00 bits per heavy atom. The van der Waals surface area contributed by atoms with Crippen LogP contribution < -0.4 is 0 Å². The maximum absolute atomic E-state index is 10.9. The number of nitrogens with one attached hydrogen (secondary N) is 2.